The zero-order valence-electron chi connectivity index (χ0n) is 17.0. The molecule has 0 atom stereocenters. The highest BCUT2D eigenvalue weighted by Crippen LogP contribution is 2.17. The van der Waals surface area contributed by atoms with Crippen molar-refractivity contribution in [3.05, 3.63) is 59.2 Å². The predicted molar refractivity (Wildman–Crippen MR) is 114 cm³/mol. The first-order chi connectivity index (χ1) is 13.3. The Balaban J connectivity index is 1.91. The topological polar surface area (TPSA) is 79.8 Å². The Morgan fingerprint density at radius 3 is 2.39 bits per heavy atom. The van der Waals surface area contributed by atoms with Crippen molar-refractivity contribution in [1.29, 1.82) is 0 Å². The third-order valence-corrected chi connectivity index (χ3v) is 5.34. The van der Waals surface area contributed by atoms with E-state index in [1.54, 1.807) is 19.1 Å². The molecule has 0 bridgehead atoms. The van der Waals surface area contributed by atoms with Gasteiger partial charge >= 0.3 is 0 Å². The number of hydrogen-bond donors (Lipinski definition) is 2. The molecule has 152 valence electrons. The average molecular weight is 404 g/mol. The van der Waals surface area contributed by atoms with Crippen LogP contribution in [0.5, 0.6) is 5.75 Å². The van der Waals surface area contributed by atoms with Crippen LogP contribution in [-0.2, 0) is 16.4 Å². The molecule has 28 heavy (non-hydrogen) atoms. The van der Waals surface area contributed by atoms with E-state index in [1.807, 2.05) is 44.2 Å². The standard InChI is InChI=1S/C21H29N3O3S/c1-5-22-21(23-12-13-27-19-9-6-16(2)7-10-19)24-15-18-8-11-20(17(3)14-18)28(4,25)26/h6-11,14H,5,12-13,15H2,1-4H3,(H2,22,23,24). The van der Waals surface area contributed by atoms with Gasteiger partial charge in [-0.1, -0.05) is 29.8 Å². The molecule has 0 radical (unpaired) electrons. The minimum atomic E-state index is -3.20. The molecule has 0 unspecified atom stereocenters. The third kappa shape index (κ3) is 6.88. The highest BCUT2D eigenvalue weighted by molar-refractivity contribution is 7.90. The molecule has 2 aromatic rings. The fraction of sp³-hybridized carbons (Fsp3) is 0.381. The summed E-state index contributed by atoms with van der Waals surface area (Å²) in [5.41, 5.74) is 2.89. The number of aryl methyl sites for hydroxylation is 2. The quantitative estimate of drug-likeness (QED) is 0.402. The third-order valence-electron chi connectivity index (χ3n) is 4.09. The summed E-state index contributed by atoms with van der Waals surface area (Å²) in [6.45, 7) is 8.19. The fourth-order valence-electron chi connectivity index (χ4n) is 2.71. The molecule has 0 aliphatic heterocycles. The second-order valence-electron chi connectivity index (χ2n) is 6.66. The summed E-state index contributed by atoms with van der Waals surface area (Å²) >= 11 is 0. The number of benzene rings is 2. The normalized spacial score (nSPS) is 11.9. The lowest BCUT2D eigenvalue weighted by molar-refractivity contribution is 0.322. The lowest BCUT2D eigenvalue weighted by Gasteiger charge is -2.12. The Kier molecular flexibility index (Phi) is 7.87. The maximum Gasteiger partial charge on any atom is 0.191 e. The maximum absolute atomic E-state index is 11.7. The van der Waals surface area contributed by atoms with E-state index in [-0.39, 0.29) is 0 Å². The fourth-order valence-corrected chi connectivity index (χ4v) is 3.67. The summed E-state index contributed by atoms with van der Waals surface area (Å²) in [4.78, 5) is 4.92. The number of nitrogens with one attached hydrogen (secondary N) is 2. The Morgan fingerprint density at radius 2 is 1.79 bits per heavy atom. The summed E-state index contributed by atoms with van der Waals surface area (Å²) < 4.78 is 29.2. The van der Waals surface area contributed by atoms with Crippen molar-refractivity contribution in [1.82, 2.24) is 10.6 Å². The number of sulfone groups is 1. The van der Waals surface area contributed by atoms with Gasteiger partial charge in [0.1, 0.15) is 12.4 Å². The molecule has 0 saturated carbocycles. The van der Waals surface area contributed by atoms with Crippen molar-refractivity contribution in [2.24, 2.45) is 4.99 Å². The van der Waals surface area contributed by atoms with Gasteiger partial charge in [0.05, 0.1) is 18.0 Å². The van der Waals surface area contributed by atoms with Crippen LogP contribution in [-0.4, -0.2) is 40.3 Å². The number of guanidine groups is 1. The summed E-state index contributed by atoms with van der Waals surface area (Å²) in [5, 5.41) is 6.44. The Morgan fingerprint density at radius 1 is 1.07 bits per heavy atom. The largest absolute Gasteiger partial charge is 0.492 e. The first-order valence-corrected chi connectivity index (χ1v) is 11.2. The molecule has 2 aromatic carbocycles. The summed E-state index contributed by atoms with van der Waals surface area (Å²) in [5.74, 6) is 1.54. The first-order valence-electron chi connectivity index (χ1n) is 9.31. The zero-order valence-corrected chi connectivity index (χ0v) is 17.8. The molecule has 6 nitrogen and oxygen atoms in total. The summed E-state index contributed by atoms with van der Waals surface area (Å²) in [6.07, 6.45) is 1.22. The molecule has 0 saturated heterocycles. The van der Waals surface area contributed by atoms with Gasteiger partial charge in [-0.15, -0.1) is 0 Å². The summed E-state index contributed by atoms with van der Waals surface area (Å²) in [6, 6.07) is 13.3. The van der Waals surface area contributed by atoms with Gasteiger partial charge in [-0.25, -0.2) is 13.4 Å². The molecule has 0 aromatic heterocycles. The second-order valence-corrected chi connectivity index (χ2v) is 8.64. The monoisotopic (exact) mass is 403 g/mol. The lowest BCUT2D eigenvalue weighted by Crippen LogP contribution is -2.39. The zero-order chi connectivity index (χ0) is 20.6. The van der Waals surface area contributed by atoms with Crippen molar-refractivity contribution in [3.8, 4) is 5.75 Å². The van der Waals surface area contributed by atoms with E-state index in [2.05, 4.69) is 15.6 Å². The summed E-state index contributed by atoms with van der Waals surface area (Å²) in [7, 11) is -3.20. The number of nitrogens with zero attached hydrogens (tertiary/aromatic N) is 1. The maximum atomic E-state index is 11.7. The highest BCUT2D eigenvalue weighted by Gasteiger charge is 2.10. The van der Waals surface area contributed by atoms with E-state index >= 15 is 0 Å². The van der Waals surface area contributed by atoms with Gasteiger partial charge in [0.25, 0.3) is 0 Å². The van der Waals surface area contributed by atoms with E-state index in [4.69, 9.17) is 4.74 Å². The van der Waals surface area contributed by atoms with Gasteiger partial charge in [-0.05, 0) is 50.1 Å². The Bertz CT molecular complexity index is 907. The van der Waals surface area contributed by atoms with E-state index in [9.17, 15) is 8.42 Å². The average Bonchev–Trinajstić information content (AvgIpc) is 2.63. The van der Waals surface area contributed by atoms with Crippen LogP contribution in [0, 0.1) is 13.8 Å². The lowest BCUT2D eigenvalue weighted by atomic mass is 10.1. The van der Waals surface area contributed by atoms with Crippen molar-refractivity contribution in [2.75, 3.05) is 26.0 Å². The van der Waals surface area contributed by atoms with E-state index in [1.165, 1.54) is 11.8 Å². The van der Waals surface area contributed by atoms with Crippen LogP contribution >= 0.6 is 0 Å². The van der Waals surface area contributed by atoms with Crippen LogP contribution in [0.3, 0.4) is 0 Å². The number of rotatable bonds is 8. The first kappa shape index (κ1) is 21.8. The van der Waals surface area contributed by atoms with Gasteiger partial charge < -0.3 is 15.4 Å². The smallest absolute Gasteiger partial charge is 0.191 e. The minimum Gasteiger partial charge on any atom is -0.492 e. The molecule has 0 aliphatic carbocycles. The molecular weight excluding hydrogens is 374 g/mol. The van der Waals surface area contributed by atoms with Crippen LogP contribution in [0.1, 0.15) is 23.6 Å². The van der Waals surface area contributed by atoms with Gasteiger partial charge in [-0.2, -0.15) is 0 Å². The molecule has 0 heterocycles. The van der Waals surface area contributed by atoms with Crippen LogP contribution in [0.4, 0.5) is 0 Å². The van der Waals surface area contributed by atoms with Gasteiger partial charge in [0.15, 0.2) is 15.8 Å². The van der Waals surface area contributed by atoms with Crippen LogP contribution in [0.15, 0.2) is 52.4 Å². The van der Waals surface area contributed by atoms with Crippen molar-refractivity contribution < 1.29 is 13.2 Å². The van der Waals surface area contributed by atoms with Crippen LogP contribution in [0.2, 0.25) is 0 Å². The Hall–Kier alpha value is -2.54. The predicted octanol–water partition coefficient (Wildman–Crippen LogP) is 2.84. The molecule has 2 N–H and O–H groups in total. The van der Waals surface area contributed by atoms with Crippen LogP contribution in [0.25, 0.3) is 0 Å². The molecular formula is C21H29N3O3S. The van der Waals surface area contributed by atoms with Crippen molar-refractivity contribution >= 4 is 15.8 Å². The minimum absolute atomic E-state index is 0.360. The van der Waals surface area contributed by atoms with E-state index in [0.717, 1.165) is 23.4 Å². The second kappa shape index (κ2) is 10.1. The Labute approximate surface area is 168 Å². The van der Waals surface area contributed by atoms with E-state index in [0.29, 0.717) is 30.6 Å². The number of hydrogen-bond acceptors (Lipinski definition) is 4. The van der Waals surface area contributed by atoms with Crippen molar-refractivity contribution in [2.45, 2.75) is 32.2 Å². The van der Waals surface area contributed by atoms with Gasteiger partial charge in [0.2, 0.25) is 0 Å². The molecule has 7 heteroatoms. The highest BCUT2D eigenvalue weighted by atomic mass is 32.2. The van der Waals surface area contributed by atoms with Crippen molar-refractivity contribution in [3.63, 3.8) is 0 Å². The number of aliphatic imine (C=N–C) groups is 1. The van der Waals surface area contributed by atoms with E-state index < -0.39 is 9.84 Å². The molecule has 0 aliphatic rings. The van der Waals surface area contributed by atoms with Gasteiger partial charge in [0, 0.05) is 12.8 Å². The molecule has 0 fully saturated rings. The molecule has 0 amide bonds. The molecule has 0 spiro atoms. The number of ether oxygens (including phenoxy) is 1. The van der Waals surface area contributed by atoms with Crippen LogP contribution < -0.4 is 15.4 Å². The SMILES string of the molecule is CCNC(=NCc1ccc(S(C)(=O)=O)c(C)c1)NCCOc1ccc(C)cc1. The molecule has 2 rings (SSSR count). The van der Waals surface area contributed by atoms with Gasteiger partial charge in [-0.3, -0.25) is 0 Å².